The molecule has 0 rings (SSSR count). The molecule has 0 aromatic carbocycles. The SMILES string of the molecule is C/C=C(/O[Si](C)(C)C)[C@H](C)[C@H](O)[C@@H](C)CC. The van der Waals surface area contributed by atoms with Crippen molar-refractivity contribution in [3.63, 3.8) is 0 Å². The third kappa shape index (κ3) is 5.17. The van der Waals surface area contributed by atoms with Crippen LogP contribution in [0.25, 0.3) is 0 Å². The molecule has 16 heavy (non-hydrogen) atoms. The summed E-state index contributed by atoms with van der Waals surface area (Å²) < 4.78 is 6.00. The lowest BCUT2D eigenvalue weighted by Crippen LogP contribution is -2.32. The summed E-state index contributed by atoms with van der Waals surface area (Å²) in [5.41, 5.74) is 0. The van der Waals surface area contributed by atoms with E-state index in [9.17, 15) is 5.11 Å². The highest BCUT2D eigenvalue weighted by molar-refractivity contribution is 6.70. The Bertz CT molecular complexity index is 231. The lowest BCUT2D eigenvalue weighted by Gasteiger charge is -2.30. The first-order valence-corrected chi connectivity index (χ1v) is 9.67. The zero-order valence-corrected chi connectivity index (χ0v) is 12.9. The maximum Gasteiger partial charge on any atom is 0.241 e. The van der Waals surface area contributed by atoms with E-state index >= 15 is 0 Å². The molecule has 0 amide bonds. The summed E-state index contributed by atoms with van der Waals surface area (Å²) in [6.45, 7) is 14.7. The van der Waals surface area contributed by atoms with Gasteiger partial charge in [0.1, 0.15) is 0 Å². The minimum atomic E-state index is -1.57. The predicted octanol–water partition coefficient (Wildman–Crippen LogP) is 3.78. The van der Waals surface area contributed by atoms with Gasteiger partial charge in [0, 0.05) is 5.92 Å². The average molecular weight is 244 g/mol. The van der Waals surface area contributed by atoms with Crippen LogP contribution >= 0.6 is 0 Å². The van der Waals surface area contributed by atoms with Gasteiger partial charge in [-0.15, -0.1) is 0 Å². The fourth-order valence-electron chi connectivity index (χ4n) is 1.67. The fraction of sp³-hybridized carbons (Fsp3) is 0.846. The fourth-order valence-corrected chi connectivity index (χ4v) is 2.68. The van der Waals surface area contributed by atoms with Gasteiger partial charge in [-0.1, -0.05) is 33.3 Å². The second kappa shape index (κ2) is 6.45. The summed E-state index contributed by atoms with van der Waals surface area (Å²) in [7, 11) is -1.57. The van der Waals surface area contributed by atoms with Gasteiger partial charge in [-0.25, -0.2) is 0 Å². The molecule has 3 atom stereocenters. The molecular formula is C13H28O2Si. The molecule has 0 aliphatic heterocycles. The number of rotatable bonds is 6. The van der Waals surface area contributed by atoms with Gasteiger partial charge in [0.25, 0.3) is 0 Å². The molecule has 0 saturated carbocycles. The molecule has 3 heteroatoms. The van der Waals surface area contributed by atoms with Gasteiger partial charge in [-0.2, -0.15) is 0 Å². The Morgan fingerprint density at radius 3 is 2.12 bits per heavy atom. The first kappa shape index (κ1) is 15.7. The van der Waals surface area contributed by atoms with E-state index in [0.717, 1.165) is 12.2 Å². The van der Waals surface area contributed by atoms with Crippen LogP contribution in [0.15, 0.2) is 11.8 Å². The Balaban J connectivity index is 4.61. The smallest absolute Gasteiger partial charge is 0.241 e. The zero-order chi connectivity index (χ0) is 12.9. The van der Waals surface area contributed by atoms with Crippen LogP contribution in [0.5, 0.6) is 0 Å². The first-order chi connectivity index (χ1) is 7.22. The Morgan fingerprint density at radius 1 is 1.31 bits per heavy atom. The van der Waals surface area contributed by atoms with Crippen molar-refractivity contribution in [1.82, 2.24) is 0 Å². The van der Waals surface area contributed by atoms with Gasteiger partial charge in [-0.05, 0) is 32.5 Å². The molecule has 0 aromatic heterocycles. The molecule has 0 spiro atoms. The maximum atomic E-state index is 10.2. The van der Waals surface area contributed by atoms with E-state index in [1.54, 1.807) is 0 Å². The lowest BCUT2D eigenvalue weighted by atomic mass is 9.90. The number of hydrogen-bond acceptors (Lipinski definition) is 2. The molecule has 0 fully saturated rings. The number of allylic oxidation sites excluding steroid dienone is 1. The van der Waals surface area contributed by atoms with Crippen LogP contribution in [0.4, 0.5) is 0 Å². The van der Waals surface area contributed by atoms with Crippen molar-refractivity contribution >= 4 is 8.32 Å². The van der Waals surface area contributed by atoms with Gasteiger partial charge < -0.3 is 9.53 Å². The normalized spacial score (nSPS) is 19.1. The molecule has 0 aliphatic rings. The second-order valence-electron chi connectivity index (χ2n) is 5.57. The van der Waals surface area contributed by atoms with E-state index in [4.69, 9.17) is 4.43 Å². The first-order valence-electron chi connectivity index (χ1n) is 6.26. The predicted molar refractivity (Wildman–Crippen MR) is 72.8 cm³/mol. The molecular weight excluding hydrogens is 216 g/mol. The van der Waals surface area contributed by atoms with E-state index < -0.39 is 8.32 Å². The summed E-state index contributed by atoms with van der Waals surface area (Å²) in [6.07, 6.45) is 2.68. The highest BCUT2D eigenvalue weighted by atomic mass is 28.4. The van der Waals surface area contributed by atoms with E-state index in [-0.39, 0.29) is 12.0 Å². The zero-order valence-electron chi connectivity index (χ0n) is 11.9. The van der Waals surface area contributed by atoms with Crippen molar-refractivity contribution in [2.75, 3.05) is 0 Å². The summed E-state index contributed by atoms with van der Waals surface area (Å²) in [5, 5.41) is 10.2. The van der Waals surface area contributed by atoms with Crippen LogP contribution in [-0.2, 0) is 4.43 Å². The van der Waals surface area contributed by atoms with Crippen molar-refractivity contribution in [3.05, 3.63) is 11.8 Å². The van der Waals surface area contributed by atoms with Crippen LogP contribution in [0.3, 0.4) is 0 Å². The topological polar surface area (TPSA) is 29.5 Å². The van der Waals surface area contributed by atoms with Crippen molar-refractivity contribution in [3.8, 4) is 0 Å². The molecule has 0 aromatic rings. The largest absolute Gasteiger partial charge is 0.547 e. The van der Waals surface area contributed by atoms with Gasteiger partial charge in [-0.3, -0.25) is 0 Å². The van der Waals surface area contributed by atoms with E-state index in [2.05, 4.69) is 33.5 Å². The van der Waals surface area contributed by atoms with E-state index in [1.807, 2.05) is 19.9 Å². The van der Waals surface area contributed by atoms with Crippen LogP contribution in [-0.4, -0.2) is 19.5 Å². The molecule has 0 saturated heterocycles. The Labute approximate surface area is 102 Å². The molecule has 1 N–H and O–H groups in total. The standard InChI is InChI=1S/C13H28O2Si/c1-8-10(3)13(14)11(4)12(9-2)15-16(5,6)7/h9-11,13-14H,8H2,1-7H3/b12-9+/t10-,11-,13+/m0/s1. The number of aliphatic hydroxyl groups excluding tert-OH is 1. The molecule has 0 bridgehead atoms. The van der Waals surface area contributed by atoms with E-state index in [0.29, 0.717) is 5.92 Å². The number of aliphatic hydroxyl groups is 1. The van der Waals surface area contributed by atoms with Crippen molar-refractivity contribution in [2.45, 2.75) is 59.9 Å². The van der Waals surface area contributed by atoms with Gasteiger partial charge in [0.05, 0.1) is 11.9 Å². The van der Waals surface area contributed by atoms with Crippen LogP contribution in [0.1, 0.15) is 34.1 Å². The van der Waals surface area contributed by atoms with Crippen LogP contribution in [0.2, 0.25) is 19.6 Å². The van der Waals surface area contributed by atoms with Crippen LogP contribution < -0.4 is 0 Å². The Kier molecular flexibility index (Phi) is 6.34. The van der Waals surface area contributed by atoms with Crippen molar-refractivity contribution in [1.29, 1.82) is 0 Å². The quantitative estimate of drug-likeness (QED) is 0.569. The van der Waals surface area contributed by atoms with Crippen molar-refractivity contribution < 1.29 is 9.53 Å². The number of hydrogen-bond donors (Lipinski definition) is 1. The summed E-state index contributed by atoms with van der Waals surface area (Å²) in [4.78, 5) is 0. The molecule has 0 radical (unpaired) electrons. The minimum Gasteiger partial charge on any atom is -0.547 e. The third-order valence-corrected chi connectivity index (χ3v) is 3.74. The highest BCUT2D eigenvalue weighted by Crippen LogP contribution is 2.25. The maximum absolute atomic E-state index is 10.2. The van der Waals surface area contributed by atoms with Crippen LogP contribution in [0, 0.1) is 11.8 Å². The van der Waals surface area contributed by atoms with Gasteiger partial charge in [0.2, 0.25) is 8.32 Å². The highest BCUT2D eigenvalue weighted by Gasteiger charge is 2.27. The monoisotopic (exact) mass is 244 g/mol. The summed E-state index contributed by atoms with van der Waals surface area (Å²) in [6, 6.07) is 0. The molecule has 96 valence electrons. The Hall–Kier alpha value is -0.283. The second-order valence-corrected chi connectivity index (χ2v) is 10.00. The summed E-state index contributed by atoms with van der Waals surface area (Å²) >= 11 is 0. The summed E-state index contributed by atoms with van der Waals surface area (Å²) in [5.74, 6) is 1.36. The average Bonchev–Trinajstić information content (AvgIpc) is 2.21. The lowest BCUT2D eigenvalue weighted by molar-refractivity contribution is 0.0621. The Morgan fingerprint density at radius 2 is 1.81 bits per heavy atom. The van der Waals surface area contributed by atoms with Crippen molar-refractivity contribution in [2.24, 2.45) is 11.8 Å². The third-order valence-electron chi connectivity index (χ3n) is 2.90. The minimum absolute atomic E-state index is 0.0895. The molecule has 2 nitrogen and oxygen atoms in total. The van der Waals surface area contributed by atoms with Gasteiger partial charge in [0.15, 0.2) is 0 Å². The van der Waals surface area contributed by atoms with Gasteiger partial charge >= 0.3 is 0 Å². The van der Waals surface area contributed by atoms with E-state index in [1.165, 1.54) is 0 Å². The molecule has 0 heterocycles. The molecule has 0 aliphatic carbocycles. The molecule has 0 unspecified atom stereocenters.